The number of rotatable bonds is 3. The minimum absolute atomic E-state index is 1.15. The summed E-state index contributed by atoms with van der Waals surface area (Å²) in [7, 11) is 4.25. The van der Waals surface area contributed by atoms with Gasteiger partial charge in [0.05, 0.1) is 0 Å². The van der Waals surface area contributed by atoms with Crippen molar-refractivity contribution in [1.29, 1.82) is 0 Å². The van der Waals surface area contributed by atoms with Gasteiger partial charge in [0, 0.05) is 26.2 Å². The van der Waals surface area contributed by atoms with Crippen LogP contribution >= 0.6 is 0 Å². The highest BCUT2D eigenvalue weighted by atomic mass is 15.5. The summed E-state index contributed by atoms with van der Waals surface area (Å²) in [6, 6.07) is 0. The summed E-state index contributed by atoms with van der Waals surface area (Å²) >= 11 is 0. The molecule has 72 valence electrons. The van der Waals surface area contributed by atoms with Crippen molar-refractivity contribution in [2.75, 3.05) is 40.3 Å². The second-order valence-corrected chi connectivity index (χ2v) is 3.76. The van der Waals surface area contributed by atoms with Gasteiger partial charge < -0.3 is 4.90 Å². The van der Waals surface area contributed by atoms with E-state index in [1.807, 2.05) is 0 Å². The van der Waals surface area contributed by atoms with Gasteiger partial charge in [0.2, 0.25) is 0 Å². The summed E-state index contributed by atoms with van der Waals surface area (Å²) in [5, 5.41) is 2.35. The molecule has 1 N–H and O–H groups in total. The van der Waals surface area contributed by atoms with E-state index in [4.69, 9.17) is 0 Å². The first-order valence-electron chi connectivity index (χ1n) is 4.92. The second-order valence-electron chi connectivity index (χ2n) is 3.76. The van der Waals surface area contributed by atoms with Crippen LogP contribution in [0.15, 0.2) is 0 Å². The molecule has 0 saturated carbocycles. The largest absolute Gasteiger partial charge is 0.308 e. The highest BCUT2D eigenvalue weighted by Crippen LogP contribution is 2.01. The molecule has 1 aliphatic heterocycles. The van der Waals surface area contributed by atoms with Gasteiger partial charge in [-0.2, -0.15) is 0 Å². The van der Waals surface area contributed by atoms with E-state index in [0.717, 1.165) is 19.6 Å². The van der Waals surface area contributed by atoms with Crippen molar-refractivity contribution in [3.05, 3.63) is 0 Å². The molecule has 1 heterocycles. The summed E-state index contributed by atoms with van der Waals surface area (Å²) < 4.78 is 0. The standard InChI is InChI=1S/C9H21N3/c1-11(2)8-9-12-7-5-3-4-6-10-12/h10H,3-9H2,1-2H3. The minimum Gasteiger partial charge on any atom is -0.308 e. The van der Waals surface area contributed by atoms with Gasteiger partial charge in [0.15, 0.2) is 0 Å². The predicted octanol–water partition coefficient (Wildman–Crippen LogP) is 0.538. The van der Waals surface area contributed by atoms with E-state index in [0.29, 0.717) is 0 Å². The topological polar surface area (TPSA) is 18.5 Å². The Morgan fingerprint density at radius 3 is 2.83 bits per heavy atom. The third-order valence-corrected chi connectivity index (χ3v) is 2.26. The molecule has 0 amide bonds. The maximum Gasteiger partial charge on any atom is 0.0258 e. The third-order valence-electron chi connectivity index (χ3n) is 2.26. The van der Waals surface area contributed by atoms with E-state index in [-0.39, 0.29) is 0 Å². The molecule has 0 atom stereocenters. The van der Waals surface area contributed by atoms with E-state index in [1.165, 1.54) is 25.8 Å². The molecule has 3 heteroatoms. The van der Waals surface area contributed by atoms with Crippen LogP contribution < -0.4 is 5.43 Å². The first-order valence-corrected chi connectivity index (χ1v) is 4.92. The number of nitrogens with zero attached hydrogens (tertiary/aromatic N) is 2. The third kappa shape index (κ3) is 4.04. The van der Waals surface area contributed by atoms with Crippen molar-refractivity contribution in [3.63, 3.8) is 0 Å². The Morgan fingerprint density at radius 1 is 1.25 bits per heavy atom. The summed E-state index contributed by atoms with van der Waals surface area (Å²) in [4.78, 5) is 2.23. The van der Waals surface area contributed by atoms with Crippen molar-refractivity contribution in [2.24, 2.45) is 0 Å². The molecule has 1 aliphatic rings. The molecule has 0 aromatic carbocycles. The Balaban J connectivity index is 2.12. The molecule has 3 nitrogen and oxygen atoms in total. The van der Waals surface area contributed by atoms with Gasteiger partial charge >= 0.3 is 0 Å². The van der Waals surface area contributed by atoms with E-state index in [2.05, 4.69) is 29.4 Å². The monoisotopic (exact) mass is 171 g/mol. The zero-order valence-corrected chi connectivity index (χ0v) is 8.34. The van der Waals surface area contributed by atoms with E-state index >= 15 is 0 Å². The minimum atomic E-state index is 1.15. The summed E-state index contributed by atoms with van der Waals surface area (Å²) in [5.74, 6) is 0. The van der Waals surface area contributed by atoms with Crippen LogP contribution in [0.5, 0.6) is 0 Å². The van der Waals surface area contributed by atoms with Crippen LogP contribution in [0.4, 0.5) is 0 Å². The Hall–Kier alpha value is -0.120. The van der Waals surface area contributed by atoms with Crippen LogP contribution in [-0.4, -0.2) is 50.2 Å². The van der Waals surface area contributed by atoms with Crippen molar-refractivity contribution in [1.82, 2.24) is 15.3 Å². The highest BCUT2D eigenvalue weighted by Gasteiger charge is 2.07. The van der Waals surface area contributed by atoms with Gasteiger partial charge in [-0.3, -0.25) is 5.43 Å². The molecule has 0 aliphatic carbocycles. The number of hydrogen-bond acceptors (Lipinski definition) is 3. The van der Waals surface area contributed by atoms with Crippen molar-refractivity contribution in [3.8, 4) is 0 Å². The molecule has 0 aromatic rings. The van der Waals surface area contributed by atoms with Crippen LogP contribution in [0.25, 0.3) is 0 Å². The molecule has 0 unspecified atom stereocenters. The predicted molar refractivity (Wildman–Crippen MR) is 52.0 cm³/mol. The average molecular weight is 171 g/mol. The Kier molecular flexibility index (Phi) is 4.58. The van der Waals surface area contributed by atoms with Gasteiger partial charge in [0.25, 0.3) is 0 Å². The smallest absolute Gasteiger partial charge is 0.0258 e. The fourth-order valence-corrected chi connectivity index (χ4v) is 1.43. The highest BCUT2D eigenvalue weighted by molar-refractivity contribution is 4.60. The van der Waals surface area contributed by atoms with Gasteiger partial charge in [-0.15, -0.1) is 0 Å². The van der Waals surface area contributed by atoms with Gasteiger partial charge in [-0.05, 0) is 26.9 Å². The summed E-state index contributed by atoms with van der Waals surface area (Å²) in [6.45, 7) is 4.67. The molecule has 0 aromatic heterocycles. The fraction of sp³-hybridized carbons (Fsp3) is 1.00. The van der Waals surface area contributed by atoms with Crippen molar-refractivity contribution >= 4 is 0 Å². The molecule has 0 spiro atoms. The number of hydrogen-bond donors (Lipinski definition) is 1. The first-order chi connectivity index (χ1) is 5.79. The van der Waals surface area contributed by atoms with Crippen LogP contribution in [0.3, 0.4) is 0 Å². The number of nitrogens with one attached hydrogen (secondary N) is 1. The second kappa shape index (κ2) is 5.51. The molecule has 1 saturated heterocycles. The molecule has 1 fully saturated rings. The van der Waals surface area contributed by atoms with Crippen molar-refractivity contribution < 1.29 is 0 Å². The molecular weight excluding hydrogens is 150 g/mol. The molecule has 0 radical (unpaired) electrons. The van der Waals surface area contributed by atoms with Crippen LogP contribution in [-0.2, 0) is 0 Å². The van der Waals surface area contributed by atoms with Gasteiger partial charge in [0.1, 0.15) is 0 Å². The Labute approximate surface area is 75.7 Å². The van der Waals surface area contributed by atoms with E-state index in [1.54, 1.807) is 0 Å². The maximum absolute atomic E-state index is 3.44. The normalized spacial score (nSPS) is 21.2. The van der Waals surface area contributed by atoms with Gasteiger partial charge in [-0.1, -0.05) is 6.42 Å². The SMILES string of the molecule is CN(C)CCN1CCCCCN1. The quantitative estimate of drug-likeness (QED) is 0.668. The maximum atomic E-state index is 3.44. The number of hydrazine groups is 1. The van der Waals surface area contributed by atoms with Crippen LogP contribution in [0.2, 0.25) is 0 Å². The first kappa shape index (κ1) is 9.96. The lowest BCUT2D eigenvalue weighted by molar-refractivity contribution is 0.181. The lowest BCUT2D eigenvalue weighted by atomic mass is 10.2. The van der Waals surface area contributed by atoms with Crippen LogP contribution in [0, 0.1) is 0 Å². The van der Waals surface area contributed by atoms with Crippen molar-refractivity contribution in [2.45, 2.75) is 19.3 Å². The molecule has 12 heavy (non-hydrogen) atoms. The van der Waals surface area contributed by atoms with E-state index in [9.17, 15) is 0 Å². The fourth-order valence-electron chi connectivity index (χ4n) is 1.43. The summed E-state index contributed by atoms with van der Waals surface area (Å²) in [6.07, 6.45) is 4.06. The summed E-state index contributed by atoms with van der Waals surface area (Å²) in [5.41, 5.74) is 3.44. The Bertz CT molecular complexity index is 106. The molecular formula is C9H21N3. The molecule has 0 bridgehead atoms. The molecule has 1 rings (SSSR count). The Morgan fingerprint density at radius 2 is 2.08 bits per heavy atom. The zero-order chi connectivity index (χ0) is 8.81. The van der Waals surface area contributed by atoms with E-state index < -0.39 is 0 Å². The lowest BCUT2D eigenvalue weighted by Gasteiger charge is -2.22. The zero-order valence-electron chi connectivity index (χ0n) is 8.34. The average Bonchev–Trinajstić information content (AvgIpc) is 2.28. The number of likely N-dealkylation sites (N-methyl/N-ethyl adjacent to an activating group) is 1. The van der Waals surface area contributed by atoms with Crippen LogP contribution in [0.1, 0.15) is 19.3 Å². The van der Waals surface area contributed by atoms with Gasteiger partial charge in [-0.25, -0.2) is 5.01 Å². The lowest BCUT2D eigenvalue weighted by Crippen LogP contribution is -2.41.